The summed E-state index contributed by atoms with van der Waals surface area (Å²) in [7, 11) is 0. The van der Waals surface area contributed by atoms with Gasteiger partial charge in [-0.15, -0.1) is 0 Å². The highest BCUT2D eigenvalue weighted by Crippen LogP contribution is 2.17. The number of hydrogen-bond donors (Lipinski definition) is 1. The van der Waals surface area contributed by atoms with Gasteiger partial charge in [0.15, 0.2) is 0 Å². The Morgan fingerprint density at radius 3 is 1.52 bits per heavy atom. The first kappa shape index (κ1) is 39.4. The summed E-state index contributed by atoms with van der Waals surface area (Å²) >= 11 is 0. The molecule has 0 aliphatic heterocycles. The monoisotopic (exact) mass is 582 g/mol. The quantitative estimate of drug-likeness (QED) is 0.0541. The summed E-state index contributed by atoms with van der Waals surface area (Å²) < 4.78 is 5.82. The van der Waals surface area contributed by atoms with E-state index in [0.29, 0.717) is 6.42 Å². The smallest absolute Gasteiger partial charge is 0.306 e. The third-order valence-corrected chi connectivity index (χ3v) is 6.94. The summed E-state index contributed by atoms with van der Waals surface area (Å²) in [4.78, 5) is 22.9. The Balaban J connectivity index is 3.82. The molecule has 0 bridgehead atoms. The molecule has 1 atom stereocenters. The van der Waals surface area contributed by atoms with Crippen LogP contribution in [0.2, 0.25) is 0 Å². The van der Waals surface area contributed by atoms with E-state index in [0.717, 1.165) is 122 Å². The lowest BCUT2D eigenvalue weighted by Crippen LogP contribution is -2.18. The van der Waals surface area contributed by atoms with E-state index in [1.165, 1.54) is 0 Å². The Kier molecular flexibility index (Phi) is 30.8. The normalized spacial score (nSPS) is 13.2. The molecule has 238 valence electrons. The number of carbonyl (C=O) groups excluding carboxylic acids is 1. The number of unbranched alkanes of at least 4 members (excludes halogenated alkanes) is 8. The molecule has 0 aromatic rings. The molecule has 0 saturated carbocycles. The Hall–Kier alpha value is -2.62. The largest absolute Gasteiger partial charge is 0.481 e. The number of hydrogen-bond acceptors (Lipinski definition) is 3. The highest BCUT2D eigenvalue weighted by molar-refractivity contribution is 5.69. The molecule has 0 radical (unpaired) electrons. The van der Waals surface area contributed by atoms with E-state index in [-0.39, 0.29) is 18.5 Å². The first-order valence-corrected chi connectivity index (χ1v) is 16.9. The number of aliphatic carboxylic acids is 1. The number of allylic oxidation sites excluding steroid dienone is 12. The van der Waals surface area contributed by atoms with E-state index in [4.69, 9.17) is 9.84 Å². The maximum absolute atomic E-state index is 12.4. The van der Waals surface area contributed by atoms with Gasteiger partial charge in [-0.2, -0.15) is 0 Å². The van der Waals surface area contributed by atoms with Crippen LogP contribution in [0, 0.1) is 0 Å². The van der Waals surface area contributed by atoms with Gasteiger partial charge in [0.25, 0.3) is 0 Å². The van der Waals surface area contributed by atoms with Gasteiger partial charge in [-0.25, -0.2) is 0 Å². The van der Waals surface area contributed by atoms with Gasteiger partial charge in [0.05, 0.1) is 0 Å². The summed E-state index contributed by atoms with van der Waals surface area (Å²) in [5, 5.41) is 8.70. The molecule has 0 aliphatic rings. The van der Waals surface area contributed by atoms with Gasteiger partial charge in [0, 0.05) is 12.8 Å². The molecule has 0 rings (SSSR count). The van der Waals surface area contributed by atoms with Crippen LogP contribution in [-0.2, 0) is 14.3 Å². The minimum Gasteiger partial charge on any atom is -0.481 e. The number of rotatable bonds is 29. The van der Waals surface area contributed by atoms with Gasteiger partial charge in [-0.3, -0.25) is 9.59 Å². The zero-order chi connectivity index (χ0) is 30.8. The van der Waals surface area contributed by atoms with Gasteiger partial charge >= 0.3 is 11.9 Å². The van der Waals surface area contributed by atoms with Crippen molar-refractivity contribution in [2.75, 3.05) is 0 Å². The van der Waals surface area contributed by atoms with Crippen LogP contribution in [0.4, 0.5) is 0 Å². The van der Waals surface area contributed by atoms with Gasteiger partial charge in [-0.05, 0) is 83.5 Å². The molecule has 42 heavy (non-hydrogen) atoms. The van der Waals surface area contributed by atoms with Crippen LogP contribution in [-0.4, -0.2) is 23.1 Å². The van der Waals surface area contributed by atoms with Crippen LogP contribution in [0.25, 0.3) is 0 Å². The lowest BCUT2D eigenvalue weighted by Gasteiger charge is -2.18. The van der Waals surface area contributed by atoms with Crippen LogP contribution >= 0.6 is 0 Å². The molecule has 0 aromatic carbocycles. The lowest BCUT2D eigenvalue weighted by molar-refractivity contribution is -0.150. The standard InChI is InChI=1S/C38H62O4/c1-3-5-7-8-9-10-11-12-13-14-15-16-17-18-19-20-21-22-23-28-31-35-38(41)42-36(32-6-4-2)33-29-26-24-25-27-30-34-37(39)40/h5,7,9-10,12-13,15-16,18-19,21-22,36H,3-4,6,8,11,14,17,20,23-35H2,1-2H3,(H,39,40)/b7-5-,10-9-,13-12-,16-15-,19-18-,22-21-. The molecule has 0 amide bonds. The number of carbonyl (C=O) groups is 2. The molecular weight excluding hydrogens is 520 g/mol. The highest BCUT2D eigenvalue weighted by Gasteiger charge is 2.13. The Morgan fingerprint density at radius 1 is 0.548 bits per heavy atom. The molecule has 1 unspecified atom stereocenters. The number of ether oxygens (including phenoxy) is 1. The average Bonchev–Trinajstić information content (AvgIpc) is 2.97. The Morgan fingerprint density at radius 2 is 1.00 bits per heavy atom. The van der Waals surface area contributed by atoms with Crippen LogP contribution in [0.15, 0.2) is 72.9 Å². The molecule has 4 heteroatoms. The molecule has 0 fully saturated rings. The minimum atomic E-state index is -0.704. The minimum absolute atomic E-state index is 0.0486. The first-order valence-electron chi connectivity index (χ1n) is 16.9. The Bertz CT molecular complexity index is 800. The van der Waals surface area contributed by atoms with E-state index in [2.05, 4.69) is 86.8 Å². The molecule has 0 aromatic heterocycles. The summed E-state index contributed by atoms with van der Waals surface area (Å²) in [5.74, 6) is -0.753. The molecule has 0 saturated heterocycles. The molecule has 0 heterocycles. The maximum Gasteiger partial charge on any atom is 0.306 e. The van der Waals surface area contributed by atoms with E-state index < -0.39 is 5.97 Å². The van der Waals surface area contributed by atoms with Gasteiger partial charge in [0.2, 0.25) is 0 Å². The molecule has 0 spiro atoms. The van der Waals surface area contributed by atoms with Crippen molar-refractivity contribution in [2.45, 2.75) is 155 Å². The SMILES string of the molecule is CC/C=C\C/C=C\C/C=C\C/C=C\C/C=C\C/C=C\CCCCC(=O)OC(CCCC)CCCCCCCCC(=O)O. The van der Waals surface area contributed by atoms with Crippen molar-refractivity contribution in [1.29, 1.82) is 0 Å². The summed E-state index contributed by atoms with van der Waals surface area (Å²) in [6.07, 6.45) is 46.6. The third kappa shape index (κ3) is 31.9. The zero-order valence-electron chi connectivity index (χ0n) is 27.0. The van der Waals surface area contributed by atoms with E-state index in [1.54, 1.807) is 0 Å². The molecule has 0 aliphatic carbocycles. The summed E-state index contributed by atoms with van der Waals surface area (Å²) in [6, 6.07) is 0. The average molecular weight is 583 g/mol. The van der Waals surface area contributed by atoms with Crippen LogP contribution in [0.5, 0.6) is 0 Å². The zero-order valence-corrected chi connectivity index (χ0v) is 27.0. The number of carboxylic acids is 1. The molecular formula is C38H62O4. The van der Waals surface area contributed by atoms with Crippen molar-refractivity contribution < 1.29 is 19.4 Å². The third-order valence-electron chi connectivity index (χ3n) is 6.94. The van der Waals surface area contributed by atoms with E-state index >= 15 is 0 Å². The van der Waals surface area contributed by atoms with Gasteiger partial charge < -0.3 is 9.84 Å². The van der Waals surface area contributed by atoms with Gasteiger partial charge in [-0.1, -0.05) is 125 Å². The fourth-order valence-corrected chi connectivity index (χ4v) is 4.47. The second kappa shape index (κ2) is 32.9. The lowest BCUT2D eigenvalue weighted by atomic mass is 10.0. The van der Waals surface area contributed by atoms with Crippen molar-refractivity contribution in [3.05, 3.63) is 72.9 Å². The Labute approximate surface area is 258 Å². The van der Waals surface area contributed by atoms with Crippen molar-refractivity contribution in [2.24, 2.45) is 0 Å². The first-order chi connectivity index (χ1) is 20.6. The highest BCUT2D eigenvalue weighted by atomic mass is 16.5. The van der Waals surface area contributed by atoms with Crippen LogP contribution in [0.1, 0.15) is 149 Å². The predicted octanol–water partition coefficient (Wildman–Crippen LogP) is 11.6. The molecule has 1 N–H and O–H groups in total. The molecule has 4 nitrogen and oxygen atoms in total. The summed E-state index contributed by atoms with van der Waals surface area (Å²) in [5.41, 5.74) is 0. The van der Waals surface area contributed by atoms with E-state index in [9.17, 15) is 9.59 Å². The van der Waals surface area contributed by atoms with Gasteiger partial charge in [0.1, 0.15) is 6.10 Å². The van der Waals surface area contributed by atoms with Crippen LogP contribution in [0.3, 0.4) is 0 Å². The second-order valence-electron chi connectivity index (χ2n) is 11.0. The topological polar surface area (TPSA) is 63.6 Å². The van der Waals surface area contributed by atoms with E-state index in [1.807, 2.05) is 0 Å². The number of esters is 1. The van der Waals surface area contributed by atoms with Crippen LogP contribution < -0.4 is 0 Å². The predicted molar refractivity (Wildman–Crippen MR) is 181 cm³/mol. The maximum atomic E-state index is 12.4. The van der Waals surface area contributed by atoms with Crippen molar-refractivity contribution in [3.63, 3.8) is 0 Å². The van der Waals surface area contributed by atoms with Crippen molar-refractivity contribution in [3.8, 4) is 0 Å². The van der Waals surface area contributed by atoms with Crippen molar-refractivity contribution >= 4 is 11.9 Å². The fraction of sp³-hybridized carbons (Fsp3) is 0.632. The second-order valence-corrected chi connectivity index (χ2v) is 11.0. The fourth-order valence-electron chi connectivity index (χ4n) is 4.47. The van der Waals surface area contributed by atoms with Crippen molar-refractivity contribution in [1.82, 2.24) is 0 Å². The number of carboxylic acid groups (broad SMARTS) is 1. The summed E-state index contributed by atoms with van der Waals surface area (Å²) in [6.45, 7) is 4.33.